The van der Waals surface area contributed by atoms with Crippen molar-refractivity contribution in [1.29, 1.82) is 0 Å². The number of halogens is 1. The second-order valence-corrected chi connectivity index (χ2v) is 6.51. The van der Waals surface area contributed by atoms with Crippen molar-refractivity contribution in [2.75, 3.05) is 32.8 Å². The molecular formula is C18H25ClN2O5. The minimum Gasteiger partial charge on any atom is -0.486 e. The third-order valence-electron chi connectivity index (χ3n) is 4.82. The van der Waals surface area contributed by atoms with Crippen LogP contribution < -0.4 is 14.8 Å². The molecule has 1 saturated heterocycles. The van der Waals surface area contributed by atoms with E-state index in [1.807, 2.05) is 30.0 Å². The highest BCUT2D eigenvalue weighted by atomic mass is 35.5. The van der Waals surface area contributed by atoms with Gasteiger partial charge < -0.3 is 19.9 Å². The number of carbonyl (C=O) groups excluding carboxylic acids is 1. The van der Waals surface area contributed by atoms with Crippen LogP contribution in [0.15, 0.2) is 18.2 Å². The summed E-state index contributed by atoms with van der Waals surface area (Å²) in [5.74, 6) is 0.292. The molecule has 2 heterocycles. The Kier molecular flexibility index (Phi) is 7.11. The molecule has 1 fully saturated rings. The van der Waals surface area contributed by atoms with Crippen LogP contribution in [-0.4, -0.2) is 60.8 Å². The standard InChI is InChI=1S/C18H24N2O5.ClH/c1-12(20-7-5-14(11-20)18(22)23)17(21)19-6-4-13-2-3-15-16(10-13)25-9-8-24-15;/h2-3,10,12,14H,4-9,11H2,1H3,(H,19,21)(H,22,23);1H. The Morgan fingerprint density at radius 2 is 2.04 bits per heavy atom. The summed E-state index contributed by atoms with van der Waals surface area (Å²) in [6, 6.07) is 5.50. The molecule has 2 unspecified atom stereocenters. The Morgan fingerprint density at radius 3 is 2.73 bits per heavy atom. The van der Waals surface area contributed by atoms with E-state index in [0.29, 0.717) is 45.7 Å². The normalized spacial score (nSPS) is 20.1. The summed E-state index contributed by atoms with van der Waals surface area (Å²) in [6.07, 6.45) is 1.30. The maximum absolute atomic E-state index is 12.3. The molecule has 0 radical (unpaired) electrons. The molecule has 1 aromatic rings. The van der Waals surface area contributed by atoms with Crippen molar-refractivity contribution >= 4 is 24.3 Å². The van der Waals surface area contributed by atoms with Gasteiger partial charge in [0.15, 0.2) is 11.5 Å². The van der Waals surface area contributed by atoms with Gasteiger partial charge in [-0.15, -0.1) is 12.4 Å². The van der Waals surface area contributed by atoms with Crippen molar-refractivity contribution in [2.24, 2.45) is 5.92 Å². The predicted molar refractivity (Wildman–Crippen MR) is 98.2 cm³/mol. The molecule has 1 aromatic carbocycles. The number of carboxylic acids is 1. The molecule has 0 aliphatic carbocycles. The molecule has 0 bridgehead atoms. The number of hydrogen-bond acceptors (Lipinski definition) is 5. The van der Waals surface area contributed by atoms with E-state index in [1.165, 1.54) is 0 Å². The second kappa shape index (κ2) is 9.09. The van der Waals surface area contributed by atoms with Crippen LogP contribution in [0.1, 0.15) is 18.9 Å². The fraction of sp³-hybridized carbons (Fsp3) is 0.556. The molecule has 26 heavy (non-hydrogen) atoms. The topological polar surface area (TPSA) is 88.1 Å². The summed E-state index contributed by atoms with van der Waals surface area (Å²) in [5, 5.41) is 12.0. The van der Waals surface area contributed by atoms with Gasteiger partial charge in [-0.05, 0) is 44.0 Å². The minimum atomic E-state index is -0.784. The van der Waals surface area contributed by atoms with Crippen LogP contribution in [0.25, 0.3) is 0 Å². The SMILES string of the molecule is CC(C(=O)NCCc1ccc2c(c1)OCCO2)N1CCC(C(=O)O)C1.Cl. The first kappa shape index (κ1) is 20.3. The highest BCUT2D eigenvalue weighted by Gasteiger charge is 2.32. The van der Waals surface area contributed by atoms with Crippen molar-refractivity contribution in [3.63, 3.8) is 0 Å². The zero-order chi connectivity index (χ0) is 17.8. The maximum atomic E-state index is 12.3. The molecule has 144 valence electrons. The number of rotatable bonds is 6. The fourth-order valence-corrected chi connectivity index (χ4v) is 3.23. The molecule has 1 amide bonds. The van der Waals surface area contributed by atoms with Gasteiger partial charge in [0.05, 0.1) is 12.0 Å². The number of likely N-dealkylation sites (tertiary alicyclic amines) is 1. The first-order valence-corrected chi connectivity index (χ1v) is 8.67. The number of amides is 1. The Morgan fingerprint density at radius 1 is 1.31 bits per heavy atom. The lowest BCUT2D eigenvalue weighted by atomic mass is 10.1. The summed E-state index contributed by atoms with van der Waals surface area (Å²) in [7, 11) is 0. The lowest BCUT2D eigenvalue weighted by molar-refractivity contribution is -0.141. The van der Waals surface area contributed by atoms with Gasteiger partial charge >= 0.3 is 5.97 Å². The molecule has 2 aliphatic rings. The molecule has 2 atom stereocenters. The number of aliphatic carboxylic acids is 1. The summed E-state index contributed by atoms with van der Waals surface area (Å²) in [4.78, 5) is 25.2. The van der Waals surface area contributed by atoms with Crippen LogP contribution in [0, 0.1) is 5.92 Å². The first-order valence-electron chi connectivity index (χ1n) is 8.67. The van der Waals surface area contributed by atoms with Crippen LogP contribution in [0.5, 0.6) is 11.5 Å². The minimum absolute atomic E-state index is 0. The number of carbonyl (C=O) groups is 2. The summed E-state index contributed by atoms with van der Waals surface area (Å²) < 4.78 is 11.1. The lowest BCUT2D eigenvalue weighted by Crippen LogP contribution is -2.44. The van der Waals surface area contributed by atoms with Crippen molar-refractivity contribution in [1.82, 2.24) is 10.2 Å². The van der Waals surface area contributed by atoms with Gasteiger partial charge in [-0.2, -0.15) is 0 Å². The van der Waals surface area contributed by atoms with Gasteiger partial charge in [0.25, 0.3) is 0 Å². The zero-order valence-electron chi connectivity index (χ0n) is 14.8. The predicted octanol–water partition coefficient (Wildman–Crippen LogP) is 1.33. The van der Waals surface area contributed by atoms with Crippen LogP contribution in [0.4, 0.5) is 0 Å². The number of carboxylic acid groups (broad SMARTS) is 1. The van der Waals surface area contributed by atoms with Gasteiger partial charge in [-0.1, -0.05) is 6.07 Å². The maximum Gasteiger partial charge on any atom is 0.307 e. The van der Waals surface area contributed by atoms with E-state index in [-0.39, 0.29) is 30.3 Å². The van der Waals surface area contributed by atoms with E-state index >= 15 is 0 Å². The molecule has 2 aliphatic heterocycles. The summed E-state index contributed by atoms with van der Waals surface area (Å²) >= 11 is 0. The third kappa shape index (κ3) is 4.80. The molecular weight excluding hydrogens is 360 g/mol. The average Bonchev–Trinajstić information content (AvgIpc) is 3.11. The van der Waals surface area contributed by atoms with E-state index in [9.17, 15) is 9.59 Å². The number of benzene rings is 1. The fourth-order valence-electron chi connectivity index (χ4n) is 3.23. The Labute approximate surface area is 159 Å². The van der Waals surface area contributed by atoms with E-state index in [1.54, 1.807) is 0 Å². The molecule has 0 saturated carbocycles. The van der Waals surface area contributed by atoms with Crippen molar-refractivity contribution in [3.8, 4) is 11.5 Å². The largest absolute Gasteiger partial charge is 0.486 e. The third-order valence-corrected chi connectivity index (χ3v) is 4.82. The van der Waals surface area contributed by atoms with E-state index in [2.05, 4.69) is 5.32 Å². The molecule has 2 N–H and O–H groups in total. The van der Waals surface area contributed by atoms with Gasteiger partial charge in [-0.3, -0.25) is 14.5 Å². The quantitative estimate of drug-likeness (QED) is 0.769. The Balaban J connectivity index is 0.00000243. The molecule has 8 heteroatoms. The molecule has 3 rings (SSSR count). The first-order chi connectivity index (χ1) is 12.0. The number of fused-ring (bicyclic) bond motifs is 1. The van der Waals surface area contributed by atoms with Gasteiger partial charge in [0.1, 0.15) is 13.2 Å². The highest BCUT2D eigenvalue weighted by molar-refractivity contribution is 5.85. The Bertz CT molecular complexity index is 654. The van der Waals surface area contributed by atoms with Gasteiger partial charge in [-0.25, -0.2) is 0 Å². The lowest BCUT2D eigenvalue weighted by Gasteiger charge is -2.23. The smallest absolute Gasteiger partial charge is 0.307 e. The van der Waals surface area contributed by atoms with Crippen LogP contribution in [0.3, 0.4) is 0 Å². The van der Waals surface area contributed by atoms with E-state index in [0.717, 1.165) is 17.1 Å². The summed E-state index contributed by atoms with van der Waals surface area (Å²) in [5.41, 5.74) is 1.07. The number of ether oxygens (including phenoxy) is 2. The molecule has 7 nitrogen and oxygen atoms in total. The van der Waals surface area contributed by atoms with Gasteiger partial charge in [0, 0.05) is 13.1 Å². The zero-order valence-corrected chi connectivity index (χ0v) is 15.6. The van der Waals surface area contributed by atoms with E-state index < -0.39 is 5.97 Å². The van der Waals surface area contributed by atoms with Gasteiger partial charge in [0.2, 0.25) is 5.91 Å². The van der Waals surface area contributed by atoms with Crippen molar-refractivity contribution in [3.05, 3.63) is 23.8 Å². The Hall–Kier alpha value is -1.99. The van der Waals surface area contributed by atoms with Crippen LogP contribution in [0.2, 0.25) is 0 Å². The van der Waals surface area contributed by atoms with E-state index in [4.69, 9.17) is 14.6 Å². The van der Waals surface area contributed by atoms with Crippen LogP contribution >= 0.6 is 12.4 Å². The molecule has 0 spiro atoms. The summed E-state index contributed by atoms with van der Waals surface area (Å²) in [6.45, 7) is 4.56. The van der Waals surface area contributed by atoms with Crippen LogP contribution in [-0.2, 0) is 16.0 Å². The average molecular weight is 385 g/mol. The second-order valence-electron chi connectivity index (χ2n) is 6.51. The number of nitrogens with zero attached hydrogens (tertiary/aromatic N) is 1. The number of nitrogens with one attached hydrogen (secondary N) is 1. The monoisotopic (exact) mass is 384 g/mol. The number of hydrogen-bond donors (Lipinski definition) is 2. The van der Waals surface area contributed by atoms with Crippen molar-refractivity contribution in [2.45, 2.75) is 25.8 Å². The van der Waals surface area contributed by atoms with Crippen molar-refractivity contribution < 1.29 is 24.2 Å². The molecule has 0 aromatic heterocycles. The highest BCUT2D eigenvalue weighted by Crippen LogP contribution is 2.30.